The summed E-state index contributed by atoms with van der Waals surface area (Å²) < 4.78 is 13.8. The first-order chi connectivity index (χ1) is 17.6. The lowest BCUT2D eigenvalue weighted by Crippen LogP contribution is -2.62. The number of oxime groups is 2. The monoisotopic (exact) mass is 562 g/mol. The molecule has 0 radical (unpaired) electrons. The minimum Gasteiger partial charge on any atom is -0.412 e. The van der Waals surface area contributed by atoms with Crippen LogP contribution in [0.15, 0.2) is 22.0 Å². The third-order valence-corrected chi connectivity index (χ3v) is 12.4. The fourth-order valence-corrected chi connectivity index (χ4v) is 11.1. The van der Waals surface area contributed by atoms with E-state index in [-0.39, 0.29) is 10.8 Å². The molecule has 0 aromatic carbocycles. The van der Waals surface area contributed by atoms with Crippen LogP contribution in [-0.4, -0.2) is 54.5 Å². The third kappa shape index (κ3) is 5.24. The molecule has 0 spiro atoms. The Morgan fingerprint density at radius 2 is 1.63 bits per heavy atom. The molecule has 4 aliphatic rings. The van der Waals surface area contributed by atoms with Gasteiger partial charge in [-0.3, -0.25) is 0 Å². The van der Waals surface area contributed by atoms with Crippen LogP contribution in [0.5, 0.6) is 0 Å². The molecular weight excluding hydrogens is 509 g/mol. The van der Waals surface area contributed by atoms with Crippen molar-refractivity contribution in [1.29, 1.82) is 0 Å². The van der Waals surface area contributed by atoms with Crippen LogP contribution >= 0.6 is 0 Å². The molecule has 3 saturated carbocycles. The van der Waals surface area contributed by atoms with Gasteiger partial charge in [-0.05, 0) is 119 Å². The number of allylic oxidation sites excluding steroid dienone is 2. The standard InChI is InChI=1S/C30H54N2O4Si2/c1-21-18-23-24(28(2)15-12-22(31-33-4)19-26(21)28)13-16-29(3)25(23)14-17-30(29,36-38(9,10)11)27(32-34-5)20-35-37(6,7)8/h19,21,23-25H,12-18,20H2,1-11H3/b31-22-,32-27+/t21-,23+,24-,25-,28+,29-,30-/m0/s1. The highest BCUT2D eigenvalue weighted by molar-refractivity contribution is 6.70. The van der Waals surface area contributed by atoms with Crippen LogP contribution in [0, 0.1) is 34.5 Å². The van der Waals surface area contributed by atoms with Gasteiger partial charge in [0, 0.05) is 5.41 Å². The second-order valence-corrected chi connectivity index (χ2v) is 23.9. The van der Waals surface area contributed by atoms with E-state index >= 15 is 0 Å². The van der Waals surface area contributed by atoms with E-state index in [1.807, 2.05) is 0 Å². The topological polar surface area (TPSA) is 61.6 Å². The fourth-order valence-electron chi connectivity index (χ4n) is 9.02. The van der Waals surface area contributed by atoms with Crippen LogP contribution in [0.1, 0.15) is 65.7 Å². The zero-order valence-electron chi connectivity index (χ0n) is 26.1. The van der Waals surface area contributed by atoms with E-state index in [9.17, 15) is 0 Å². The summed E-state index contributed by atoms with van der Waals surface area (Å²) in [4.78, 5) is 10.7. The number of hydrogen-bond acceptors (Lipinski definition) is 6. The van der Waals surface area contributed by atoms with Gasteiger partial charge in [-0.2, -0.15) is 0 Å². The summed E-state index contributed by atoms with van der Waals surface area (Å²) in [6.07, 6.45) is 10.4. The molecule has 0 amide bonds. The molecule has 0 aromatic heterocycles. The Morgan fingerprint density at radius 3 is 2.24 bits per heavy atom. The second-order valence-electron chi connectivity index (χ2n) is 15.0. The summed E-state index contributed by atoms with van der Waals surface area (Å²) in [5, 5.41) is 9.03. The SMILES string of the molecule is CO/N=C1\C=C2[C@@H](C)C[C@@H]3[C@H](CC[C@@]4(C)[C@H]3CC[C@]4(O[Si](C)(C)C)/C(CO[Si](C)(C)C)=N/OC)[C@@]2(C)CC1. The number of nitrogens with zero attached hydrogens (tertiary/aromatic N) is 2. The fraction of sp³-hybridized carbons (Fsp3) is 0.867. The molecule has 4 aliphatic carbocycles. The maximum absolute atomic E-state index is 7.34. The molecule has 0 saturated heterocycles. The molecule has 0 bridgehead atoms. The minimum atomic E-state index is -1.91. The van der Waals surface area contributed by atoms with Crippen LogP contribution < -0.4 is 0 Å². The van der Waals surface area contributed by atoms with Gasteiger partial charge in [0.25, 0.3) is 0 Å². The maximum atomic E-state index is 7.34. The summed E-state index contributed by atoms with van der Waals surface area (Å²) in [5.74, 6) is 2.57. The number of hydrogen-bond donors (Lipinski definition) is 0. The lowest BCUT2D eigenvalue weighted by atomic mass is 9.44. The van der Waals surface area contributed by atoms with Gasteiger partial charge in [0.2, 0.25) is 0 Å². The highest BCUT2D eigenvalue weighted by Crippen LogP contribution is 2.69. The number of fused-ring (bicyclic) bond motifs is 5. The Bertz CT molecular complexity index is 984. The summed E-state index contributed by atoms with van der Waals surface area (Å²) >= 11 is 0. The molecule has 6 nitrogen and oxygen atoms in total. The largest absolute Gasteiger partial charge is 0.412 e. The van der Waals surface area contributed by atoms with Gasteiger partial charge in [0.05, 0.1) is 12.3 Å². The van der Waals surface area contributed by atoms with Crippen LogP contribution in [-0.2, 0) is 18.5 Å². The van der Waals surface area contributed by atoms with Crippen LogP contribution in [0.3, 0.4) is 0 Å². The summed E-state index contributed by atoms with van der Waals surface area (Å²) in [6, 6.07) is 0. The van der Waals surface area contributed by atoms with Gasteiger partial charge < -0.3 is 18.5 Å². The smallest absolute Gasteiger partial charge is 0.185 e. The first-order valence-corrected chi connectivity index (χ1v) is 21.7. The van der Waals surface area contributed by atoms with Gasteiger partial charge in [-0.25, -0.2) is 0 Å². The first-order valence-electron chi connectivity index (χ1n) is 14.9. The van der Waals surface area contributed by atoms with E-state index in [0.29, 0.717) is 30.3 Å². The molecule has 0 aromatic rings. The van der Waals surface area contributed by atoms with E-state index in [0.717, 1.165) is 30.7 Å². The summed E-state index contributed by atoms with van der Waals surface area (Å²) in [5.41, 5.74) is 3.54. The van der Waals surface area contributed by atoms with Crippen LogP contribution in [0.4, 0.5) is 0 Å². The summed E-state index contributed by atoms with van der Waals surface area (Å²) in [6.45, 7) is 21.7. The molecule has 0 aliphatic heterocycles. The van der Waals surface area contributed by atoms with Gasteiger partial charge in [-0.1, -0.05) is 36.7 Å². The maximum Gasteiger partial charge on any atom is 0.185 e. The third-order valence-electron chi connectivity index (χ3n) is 10.4. The minimum absolute atomic E-state index is 0.0171. The van der Waals surface area contributed by atoms with E-state index in [1.165, 1.54) is 25.7 Å². The van der Waals surface area contributed by atoms with E-state index in [4.69, 9.17) is 23.7 Å². The second kappa shape index (κ2) is 10.5. The Balaban J connectivity index is 1.74. The van der Waals surface area contributed by atoms with Crippen molar-refractivity contribution >= 4 is 28.1 Å². The molecule has 4 rings (SSSR count). The zero-order chi connectivity index (χ0) is 28.1. The van der Waals surface area contributed by atoms with Gasteiger partial charge >= 0.3 is 0 Å². The quantitative estimate of drug-likeness (QED) is 0.173. The van der Waals surface area contributed by atoms with Crippen molar-refractivity contribution in [2.24, 2.45) is 44.8 Å². The molecule has 216 valence electrons. The van der Waals surface area contributed by atoms with Gasteiger partial charge in [-0.15, -0.1) is 0 Å². The molecular formula is C30H54N2O4Si2. The van der Waals surface area contributed by atoms with E-state index in [1.54, 1.807) is 19.8 Å². The Morgan fingerprint density at radius 1 is 0.947 bits per heavy atom. The summed E-state index contributed by atoms with van der Waals surface area (Å²) in [7, 11) is -0.328. The highest BCUT2D eigenvalue weighted by atomic mass is 28.4. The van der Waals surface area contributed by atoms with Crippen molar-refractivity contribution in [2.45, 2.75) is 111 Å². The van der Waals surface area contributed by atoms with E-state index < -0.39 is 22.2 Å². The van der Waals surface area contributed by atoms with Crippen LogP contribution in [0.25, 0.3) is 0 Å². The molecule has 0 heterocycles. The van der Waals surface area contributed by atoms with Crippen molar-refractivity contribution in [3.05, 3.63) is 11.6 Å². The predicted molar refractivity (Wildman–Crippen MR) is 162 cm³/mol. The Kier molecular flexibility index (Phi) is 8.26. The Labute approximate surface area is 234 Å². The lowest BCUT2D eigenvalue weighted by molar-refractivity contribution is -0.0956. The molecule has 3 fully saturated rings. The average Bonchev–Trinajstić information content (AvgIpc) is 3.09. The highest BCUT2D eigenvalue weighted by Gasteiger charge is 2.67. The van der Waals surface area contributed by atoms with Crippen molar-refractivity contribution in [3.63, 3.8) is 0 Å². The number of rotatable bonds is 8. The van der Waals surface area contributed by atoms with Crippen LogP contribution in [0.2, 0.25) is 39.3 Å². The molecule has 7 atom stereocenters. The Hall–Kier alpha value is -0.966. The molecule has 0 N–H and O–H groups in total. The van der Waals surface area contributed by atoms with Crippen molar-refractivity contribution < 1.29 is 18.5 Å². The zero-order valence-corrected chi connectivity index (χ0v) is 28.1. The lowest BCUT2D eigenvalue weighted by Gasteiger charge is -2.61. The van der Waals surface area contributed by atoms with Crippen molar-refractivity contribution in [2.75, 3.05) is 20.8 Å². The van der Waals surface area contributed by atoms with E-state index in [2.05, 4.69) is 71.3 Å². The molecule has 38 heavy (non-hydrogen) atoms. The molecule has 8 heteroatoms. The normalized spacial score (nSPS) is 40.8. The molecule has 0 unspecified atom stereocenters. The van der Waals surface area contributed by atoms with Gasteiger partial charge in [0.1, 0.15) is 25.5 Å². The average molecular weight is 563 g/mol. The first kappa shape index (κ1) is 30.0. The van der Waals surface area contributed by atoms with Gasteiger partial charge in [0.15, 0.2) is 16.6 Å². The van der Waals surface area contributed by atoms with Crippen molar-refractivity contribution in [3.8, 4) is 0 Å². The van der Waals surface area contributed by atoms with Crippen molar-refractivity contribution in [1.82, 2.24) is 0 Å². The predicted octanol–water partition coefficient (Wildman–Crippen LogP) is 7.64.